The standard InChI is InChI=1S/C19H20N6O2/c26-18-16(10-21-13-23-18)19(27)25-8-1-2-15(12-25)17-22-7-9-24(17)11-14-3-5-20-6-4-14/h3-7,9-10,13,15H,1-2,8,11-12H2,(H,21,23,26). The van der Waals surface area contributed by atoms with Crippen LogP contribution in [0.4, 0.5) is 0 Å². The largest absolute Gasteiger partial charge is 0.338 e. The van der Waals surface area contributed by atoms with Gasteiger partial charge in [0.2, 0.25) is 0 Å². The average molecular weight is 364 g/mol. The molecule has 1 amide bonds. The zero-order valence-corrected chi connectivity index (χ0v) is 14.8. The molecule has 1 aliphatic heterocycles. The molecule has 4 rings (SSSR count). The van der Waals surface area contributed by atoms with Crippen molar-refractivity contribution in [3.8, 4) is 0 Å². The van der Waals surface area contributed by atoms with Crippen molar-refractivity contribution in [3.05, 3.63) is 76.7 Å². The van der Waals surface area contributed by atoms with Crippen LogP contribution in [0.5, 0.6) is 0 Å². The fraction of sp³-hybridized carbons (Fsp3) is 0.316. The number of pyridine rings is 1. The molecule has 0 saturated carbocycles. The first-order valence-corrected chi connectivity index (χ1v) is 8.94. The number of imidazole rings is 1. The molecular weight excluding hydrogens is 344 g/mol. The molecule has 8 nitrogen and oxygen atoms in total. The van der Waals surface area contributed by atoms with E-state index in [2.05, 4.69) is 24.5 Å². The summed E-state index contributed by atoms with van der Waals surface area (Å²) in [6, 6.07) is 3.96. The van der Waals surface area contributed by atoms with E-state index in [1.807, 2.05) is 18.3 Å². The van der Waals surface area contributed by atoms with Crippen molar-refractivity contribution in [2.45, 2.75) is 25.3 Å². The Bertz CT molecular complexity index is 981. The van der Waals surface area contributed by atoms with Crippen molar-refractivity contribution in [2.75, 3.05) is 13.1 Å². The van der Waals surface area contributed by atoms with Crippen molar-refractivity contribution in [2.24, 2.45) is 0 Å². The van der Waals surface area contributed by atoms with E-state index in [1.165, 1.54) is 12.5 Å². The van der Waals surface area contributed by atoms with Gasteiger partial charge in [-0.2, -0.15) is 0 Å². The SMILES string of the molecule is O=C(c1cnc[nH]c1=O)N1CCCC(c2nccn2Cc2ccncc2)C1. The normalized spacial score (nSPS) is 17.0. The third kappa shape index (κ3) is 3.64. The number of aromatic amines is 1. The number of amides is 1. The number of likely N-dealkylation sites (tertiary alicyclic amines) is 1. The fourth-order valence-corrected chi connectivity index (χ4v) is 3.54. The number of nitrogens with zero attached hydrogens (tertiary/aromatic N) is 5. The maximum Gasteiger partial charge on any atom is 0.263 e. The maximum atomic E-state index is 12.7. The zero-order chi connectivity index (χ0) is 18.6. The lowest BCUT2D eigenvalue weighted by Gasteiger charge is -2.32. The van der Waals surface area contributed by atoms with Gasteiger partial charge in [0, 0.05) is 56.5 Å². The monoisotopic (exact) mass is 364 g/mol. The predicted molar refractivity (Wildman–Crippen MR) is 98.3 cm³/mol. The second kappa shape index (κ2) is 7.53. The van der Waals surface area contributed by atoms with Gasteiger partial charge in [0.1, 0.15) is 11.4 Å². The average Bonchev–Trinajstić information content (AvgIpc) is 3.17. The van der Waals surface area contributed by atoms with E-state index in [0.29, 0.717) is 19.6 Å². The highest BCUT2D eigenvalue weighted by Gasteiger charge is 2.29. The minimum absolute atomic E-state index is 0.0817. The van der Waals surface area contributed by atoms with Gasteiger partial charge in [-0.05, 0) is 30.5 Å². The predicted octanol–water partition coefficient (Wildman–Crippen LogP) is 1.43. The second-order valence-electron chi connectivity index (χ2n) is 6.65. The number of rotatable bonds is 4. The lowest BCUT2D eigenvalue weighted by Crippen LogP contribution is -2.41. The molecule has 8 heteroatoms. The van der Waals surface area contributed by atoms with Crippen LogP contribution in [0.3, 0.4) is 0 Å². The van der Waals surface area contributed by atoms with Crippen molar-refractivity contribution >= 4 is 5.91 Å². The summed E-state index contributed by atoms with van der Waals surface area (Å²) in [5.41, 5.74) is 0.824. The van der Waals surface area contributed by atoms with Crippen LogP contribution in [0.1, 0.15) is 40.5 Å². The molecule has 0 radical (unpaired) electrons. The summed E-state index contributed by atoms with van der Waals surface area (Å²) in [5.74, 6) is 0.820. The topological polar surface area (TPSA) is 96.8 Å². The number of nitrogens with one attached hydrogen (secondary N) is 1. The van der Waals surface area contributed by atoms with Crippen LogP contribution in [0.2, 0.25) is 0 Å². The van der Waals surface area contributed by atoms with Gasteiger partial charge in [-0.1, -0.05) is 0 Å². The minimum Gasteiger partial charge on any atom is -0.338 e. The lowest BCUT2D eigenvalue weighted by molar-refractivity contribution is 0.0701. The highest BCUT2D eigenvalue weighted by molar-refractivity contribution is 5.93. The maximum absolute atomic E-state index is 12.7. The van der Waals surface area contributed by atoms with Gasteiger partial charge in [0.15, 0.2) is 0 Å². The van der Waals surface area contributed by atoms with E-state index in [-0.39, 0.29) is 17.4 Å². The van der Waals surface area contributed by atoms with Crippen LogP contribution in [0.25, 0.3) is 0 Å². The van der Waals surface area contributed by atoms with Crippen LogP contribution in [-0.2, 0) is 6.54 Å². The molecule has 138 valence electrons. The van der Waals surface area contributed by atoms with E-state index in [9.17, 15) is 9.59 Å². The molecule has 4 heterocycles. The van der Waals surface area contributed by atoms with Gasteiger partial charge in [-0.3, -0.25) is 14.6 Å². The Kier molecular flexibility index (Phi) is 4.78. The third-order valence-electron chi connectivity index (χ3n) is 4.87. The smallest absolute Gasteiger partial charge is 0.263 e. The fourth-order valence-electron chi connectivity index (χ4n) is 3.54. The number of carbonyl (C=O) groups excluding carboxylic acids is 1. The van der Waals surface area contributed by atoms with Crippen molar-refractivity contribution in [3.63, 3.8) is 0 Å². The summed E-state index contributed by atoms with van der Waals surface area (Å²) >= 11 is 0. The quantitative estimate of drug-likeness (QED) is 0.755. The van der Waals surface area contributed by atoms with E-state index in [0.717, 1.165) is 24.2 Å². The third-order valence-corrected chi connectivity index (χ3v) is 4.87. The molecule has 3 aromatic heterocycles. The van der Waals surface area contributed by atoms with Gasteiger partial charge in [0.05, 0.1) is 6.33 Å². The molecule has 1 aliphatic rings. The number of H-pyrrole nitrogens is 1. The molecule has 1 fully saturated rings. The van der Waals surface area contributed by atoms with E-state index >= 15 is 0 Å². The van der Waals surface area contributed by atoms with Gasteiger partial charge in [-0.15, -0.1) is 0 Å². The van der Waals surface area contributed by atoms with Crippen molar-refractivity contribution in [1.82, 2.24) is 29.4 Å². The van der Waals surface area contributed by atoms with Gasteiger partial charge < -0.3 is 14.5 Å². The number of piperidine rings is 1. The highest BCUT2D eigenvalue weighted by Crippen LogP contribution is 2.27. The Morgan fingerprint density at radius 3 is 2.89 bits per heavy atom. The van der Waals surface area contributed by atoms with Crippen LogP contribution in [0.15, 0.2) is 54.2 Å². The molecule has 0 spiro atoms. The molecule has 1 atom stereocenters. The number of aromatic nitrogens is 5. The van der Waals surface area contributed by atoms with Gasteiger partial charge in [0.25, 0.3) is 11.5 Å². The van der Waals surface area contributed by atoms with Crippen LogP contribution < -0.4 is 5.56 Å². The Morgan fingerprint density at radius 2 is 2.07 bits per heavy atom. The first-order chi connectivity index (χ1) is 13.2. The molecule has 3 aromatic rings. The molecule has 0 bridgehead atoms. The van der Waals surface area contributed by atoms with Crippen LogP contribution in [0, 0.1) is 0 Å². The second-order valence-corrected chi connectivity index (χ2v) is 6.65. The molecule has 1 N–H and O–H groups in total. The summed E-state index contributed by atoms with van der Waals surface area (Å²) in [7, 11) is 0. The van der Waals surface area contributed by atoms with Crippen LogP contribution >= 0.6 is 0 Å². The minimum atomic E-state index is -0.406. The van der Waals surface area contributed by atoms with Crippen molar-refractivity contribution < 1.29 is 4.79 Å². The van der Waals surface area contributed by atoms with Gasteiger partial charge >= 0.3 is 0 Å². The number of hydrogen-bond donors (Lipinski definition) is 1. The zero-order valence-electron chi connectivity index (χ0n) is 14.8. The highest BCUT2D eigenvalue weighted by atomic mass is 16.2. The molecule has 27 heavy (non-hydrogen) atoms. The van der Waals surface area contributed by atoms with Gasteiger partial charge in [-0.25, -0.2) is 9.97 Å². The Morgan fingerprint density at radius 1 is 1.22 bits per heavy atom. The van der Waals surface area contributed by atoms with Crippen molar-refractivity contribution in [1.29, 1.82) is 0 Å². The summed E-state index contributed by atoms with van der Waals surface area (Å²) < 4.78 is 2.12. The summed E-state index contributed by atoms with van der Waals surface area (Å²) in [6.07, 6.45) is 11.8. The first kappa shape index (κ1) is 17.1. The summed E-state index contributed by atoms with van der Waals surface area (Å²) in [6.45, 7) is 1.89. The molecule has 1 saturated heterocycles. The molecular formula is C19H20N6O2. The number of carbonyl (C=O) groups is 1. The molecule has 0 aromatic carbocycles. The van der Waals surface area contributed by atoms with E-state index < -0.39 is 5.56 Å². The van der Waals surface area contributed by atoms with Crippen LogP contribution in [-0.4, -0.2) is 48.4 Å². The molecule has 0 aliphatic carbocycles. The van der Waals surface area contributed by atoms with E-state index in [1.54, 1.807) is 23.5 Å². The Labute approximate surface area is 155 Å². The lowest BCUT2D eigenvalue weighted by atomic mass is 9.96. The molecule has 1 unspecified atom stereocenters. The first-order valence-electron chi connectivity index (χ1n) is 8.94. The Hall–Kier alpha value is -3.29. The Balaban J connectivity index is 1.52. The summed E-state index contributed by atoms with van der Waals surface area (Å²) in [5, 5.41) is 0. The van der Waals surface area contributed by atoms with E-state index in [4.69, 9.17) is 0 Å². The summed E-state index contributed by atoms with van der Waals surface area (Å²) in [4.78, 5) is 41.3. The number of hydrogen-bond acceptors (Lipinski definition) is 5.